The predicted octanol–water partition coefficient (Wildman–Crippen LogP) is 5.80. The lowest BCUT2D eigenvalue weighted by atomic mass is 9.93. The van der Waals surface area contributed by atoms with Crippen molar-refractivity contribution in [3.8, 4) is 0 Å². The summed E-state index contributed by atoms with van der Waals surface area (Å²) in [7, 11) is 0. The molecule has 11 heteroatoms. The van der Waals surface area contributed by atoms with Gasteiger partial charge >= 0.3 is 5.97 Å². The molecule has 0 spiro atoms. The number of esters is 1. The van der Waals surface area contributed by atoms with Crippen LogP contribution in [0.2, 0.25) is 0 Å². The average Bonchev–Trinajstić information content (AvgIpc) is 3.38. The summed E-state index contributed by atoms with van der Waals surface area (Å²) in [4.78, 5) is 48.1. The zero-order valence-corrected chi connectivity index (χ0v) is 27.5. The third-order valence-corrected chi connectivity index (χ3v) is 10.2. The van der Waals surface area contributed by atoms with Gasteiger partial charge in [-0.3, -0.25) is 19.5 Å². The van der Waals surface area contributed by atoms with E-state index in [-0.39, 0.29) is 23.4 Å². The Labute approximate surface area is 274 Å². The van der Waals surface area contributed by atoms with Gasteiger partial charge in [0.05, 0.1) is 33.4 Å². The highest BCUT2D eigenvalue weighted by Crippen LogP contribution is 2.36. The second-order valence-corrected chi connectivity index (χ2v) is 13.3. The average molecular weight is 655 g/mol. The minimum atomic E-state index is -0.795. The maximum Gasteiger partial charge on any atom is 0.338 e. The van der Waals surface area contributed by atoms with E-state index >= 15 is 0 Å². The Balaban J connectivity index is 1.60. The van der Waals surface area contributed by atoms with Crippen LogP contribution in [0.1, 0.15) is 49.4 Å². The SMILES string of the molecule is CCOC(=O)C1=C(c2ccccc2)N=c2s/c(=C/c3cc([N+](=O)[O-])ccc3N3CCC(C)CC3)c(=O)n2[C@H]1c1ccc(SC)cc1. The molecule has 1 saturated heterocycles. The Morgan fingerprint density at radius 1 is 1.11 bits per heavy atom. The van der Waals surface area contributed by atoms with Gasteiger partial charge in [-0.1, -0.05) is 60.7 Å². The molecule has 0 unspecified atom stereocenters. The number of nitrogens with zero attached hydrogens (tertiary/aromatic N) is 4. The van der Waals surface area contributed by atoms with Gasteiger partial charge in [0.1, 0.15) is 0 Å². The fraction of sp³-hybridized carbons (Fsp3) is 0.286. The highest BCUT2D eigenvalue weighted by atomic mass is 32.2. The number of non-ortho nitro benzene ring substituents is 1. The number of thiazole rings is 1. The third-order valence-electron chi connectivity index (χ3n) is 8.44. The summed E-state index contributed by atoms with van der Waals surface area (Å²) in [6.45, 7) is 5.80. The number of ether oxygens (including phenoxy) is 1. The number of carbonyl (C=O) groups is 1. The Bertz CT molecular complexity index is 1990. The first-order chi connectivity index (χ1) is 22.3. The monoisotopic (exact) mass is 654 g/mol. The number of benzene rings is 3. The number of piperidine rings is 1. The molecular weight excluding hydrogens is 621 g/mol. The van der Waals surface area contributed by atoms with Crippen molar-refractivity contribution in [1.29, 1.82) is 0 Å². The molecule has 9 nitrogen and oxygen atoms in total. The van der Waals surface area contributed by atoms with Gasteiger partial charge in [0.25, 0.3) is 11.2 Å². The molecule has 0 bridgehead atoms. The van der Waals surface area contributed by atoms with Gasteiger partial charge in [-0.25, -0.2) is 9.79 Å². The Morgan fingerprint density at radius 2 is 1.83 bits per heavy atom. The van der Waals surface area contributed by atoms with Gasteiger partial charge in [0.2, 0.25) is 0 Å². The fourth-order valence-electron chi connectivity index (χ4n) is 5.99. The van der Waals surface area contributed by atoms with Crippen molar-refractivity contribution in [3.05, 3.63) is 125 Å². The van der Waals surface area contributed by atoms with E-state index in [9.17, 15) is 19.7 Å². The second-order valence-electron chi connectivity index (χ2n) is 11.4. The van der Waals surface area contributed by atoms with Crippen LogP contribution < -0.4 is 19.8 Å². The summed E-state index contributed by atoms with van der Waals surface area (Å²) in [6.07, 6.45) is 5.76. The molecule has 6 rings (SSSR count). The van der Waals surface area contributed by atoms with Crippen LogP contribution in [-0.2, 0) is 9.53 Å². The second kappa shape index (κ2) is 13.5. The molecule has 0 N–H and O–H groups in total. The van der Waals surface area contributed by atoms with E-state index in [1.54, 1.807) is 35.4 Å². The molecule has 3 heterocycles. The Kier molecular flexibility index (Phi) is 9.23. The first-order valence-electron chi connectivity index (χ1n) is 15.2. The summed E-state index contributed by atoms with van der Waals surface area (Å²) in [5.41, 5.74) is 3.28. The molecule has 2 aliphatic heterocycles. The molecule has 2 aliphatic rings. The number of hydrogen-bond acceptors (Lipinski definition) is 9. The van der Waals surface area contributed by atoms with E-state index in [2.05, 4.69) is 11.8 Å². The highest BCUT2D eigenvalue weighted by Gasteiger charge is 2.35. The van der Waals surface area contributed by atoms with Crippen LogP contribution in [0.15, 0.2) is 93.1 Å². The van der Waals surface area contributed by atoms with Gasteiger partial charge in [-0.05, 0) is 61.8 Å². The van der Waals surface area contributed by atoms with E-state index in [0.29, 0.717) is 26.5 Å². The number of fused-ring (bicyclic) bond motifs is 1. The van der Waals surface area contributed by atoms with Crippen molar-refractivity contribution < 1.29 is 14.5 Å². The molecule has 0 aliphatic carbocycles. The van der Waals surface area contributed by atoms with Crippen LogP contribution in [0.3, 0.4) is 0 Å². The lowest BCUT2D eigenvalue weighted by Crippen LogP contribution is -2.40. The third kappa shape index (κ3) is 6.17. The first kappa shape index (κ1) is 31.5. The smallest absolute Gasteiger partial charge is 0.338 e. The molecule has 0 radical (unpaired) electrons. The normalized spacial score (nSPS) is 17.1. The minimum absolute atomic E-state index is 0.0455. The summed E-state index contributed by atoms with van der Waals surface area (Å²) in [5, 5.41) is 11.8. The van der Waals surface area contributed by atoms with Crippen molar-refractivity contribution >= 4 is 52.2 Å². The predicted molar refractivity (Wildman–Crippen MR) is 183 cm³/mol. The maximum absolute atomic E-state index is 14.4. The molecular formula is C35H34N4O5S2. The number of anilines is 1. The molecule has 1 aromatic heterocycles. The largest absolute Gasteiger partial charge is 0.463 e. The lowest BCUT2D eigenvalue weighted by molar-refractivity contribution is -0.384. The molecule has 0 amide bonds. The van der Waals surface area contributed by atoms with Crippen molar-refractivity contribution in [2.24, 2.45) is 10.9 Å². The number of nitro benzene ring substituents is 1. The zero-order valence-electron chi connectivity index (χ0n) is 25.8. The molecule has 4 aromatic rings. The summed E-state index contributed by atoms with van der Waals surface area (Å²) < 4.78 is 7.49. The number of rotatable bonds is 8. The standard InChI is InChI=1S/C35H34N4O5S2/c1-4-44-34(41)30-31(23-8-6-5-7-9-23)36-35-38(32(30)24-10-13-27(45-3)14-11-24)33(40)29(46-35)21-25-20-26(39(42)43)12-15-28(25)37-18-16-22(2)17-19-37/h5-15,20-22,32H,4,16-19H2,1-3H3/b29-21+/t32-/m0/s1. The number of aromatic nitrogens is 1. The van der Waals surface area contributed by atoms with E-state index in [1.165, 1.54) is 23.5 Å². The maximum atomic E-state index is 14.4. The van der Waals surface area contributed by atoms with Gasteiger partial charge in [0, 0.05) is 46.9 Å². The minimum Gasteiger partial charge on any atom is -0.463 e. The fourth-order valence-corrected chi connectivity index (χ4v) is 7.39. The van der Waals surface area contributed by atoms with Crippen LogP contribution in [0.4, 0.5) is 11.4 Å². The Hall–Kier alpha value is -4.48. The van der Waals surface area contributed by atoms with Gasteiger partial charge in [-0.2, -0.15) is 0 Å². The van der Waals surface area contributed by atoms with E-state index in [1.807, 2.05) is 60.9 Å². The van der Waals surface area contributed by atoms with Gasteiger partial charge in [-0.15, -0.1) is 11.8 Å². The molecule has 236 valence electrons. The number of hydrogen-bond donors (Lipinski definition) is 0. The number of carbonyl (C=O) groups excluding carboxylic acids is 1. The Morgan fingerprint density at radius 3 is 2.48 bits per heavy atom. The van der Waals surface area contributed by atoms with Crippen LogP contribution in [0.25, 0.3) is 11.8 Å². The van der Waals surface area contributed by atoms with E-state index in [4.69, 9.17) is 9.73 Å². The topological polar surface area (TPSA) is 107 Å². The van der Waals surface area contributed by atoms with Crippen molar-refractivity contribution in [2.45, 2.75) is 37.6 Å². The van der Waals surface area contributed by atoms with Crippen LogP contribution in [0, 0.1) is 16.0 Å². The van der Waals surface area contributed by atoms with Crippen LogP contribution >= 0.6 is 23.1 Å². The lowest BCUT2D eigenvalue weighted by Gasteiger charge is -2.33. The molecule has 1 atom stereocenters. The summed E-state index contributed by atoms with van der Waals surface area (Å²) in [5.74, 6) is 0.0671. The van der Waals surface area contributed by atoms with Crippen molar-refractivity contribution in [3.63, 3.8) is 0 Å². The van der Waals surface area contributed by atoms with E-state index in [0.717, 1.165) is 47.6 Å². The molecule has 3 aromatic carbocycles. The van der Waals surface area contributed by atoms with Crippen molar-refractivity contribution in [1.82, 2.24) is 4.57 Å². The summed E-state index contributed by atoms with van der Waals surface area (Å²) in [6, 6.07) is 21.2. The molecule has 0 saturated carbocycles. The number of thioether (sulfide) groups is 1. The van der Waals surface area contributed by atoms with Crippen LogP contribution in [-0.4, -0.2) is 41.4 Å². The number of nitro groups is 1. The van der Waals surface area contributed by atoms with Crippen molar-refractivity contribution in [2.75, 3.05) is 30.9 Å². The quantitative estimate of drug-likeness (QED) is 0.102. The van der Waals surface area contributed by atoms with Gasteiger partial charge in [0.15, 0.2) is 4.80 Å². The first-order valence-corrected chi connectivity index (χ1v) is 17.3. The van der Waals surface area contributed by atoms with Gasteiger partial charge < -0.3 is 9.64 Å². The zero-order chi connectivity index (χ0) is 32.4. The highest BCUT2D eigenvalue weighted by molar-refractivity contribution is 7.98. The summed E-state index contributed by atoms with van der Waals surface area (Å²) >= 11 is 2.81. The van der Waals surface area contributed by atoms with E-state index < -0.39 is 16.9 Å². The van der Waals surface area contributed by atoms with Crippen LogP contribution in [0.5, 0.6) is 0 Å². The molecule has 1 fully saturated rings. The molecule has 46 heavy (non-hydrogen) atoms.